The van der Waals surface area contributed by atoms with Gasteiger partial charge in [-0.1, -0.05) is 77.3 Å². The Morgan fingerprint density at radius 1 is 1.09 bits per heavy atom. The van der Waals surface area contributed by atoms with Gasteiger partial charge >= 0.3 is 5.97 Å². The number of carboxylic acid groups (broad SMARTS) is 1. The van der Waals surface area contributed by atoms with Gasteiger partial charge in [0.15, 0.2) is 0 Å². The van der Waals surface area contributed by atoms with Crippen molar-refractivity contribution in [2.45, 2.75) is 71.6 Å². The molecule has 0 aromatic heterocycles. The van der Waals surface area contributed by atoms with Crippen LogP contribution in [-0.2, 0) is 6.42 Å². The van der Waals surface area contributed by atoms with Crippen LogP contribution in [0.4, 0.5) is 0 Å². The molecule has 0 aliphatic heterocycles. The first kappa shape index (κ1) is 18.5. The van der Waals surface area contributed by atoms with Gasteiger partial charge in [-0.3, -0.25) is 0 Å². The van der Waals surface area contributed by atoms with Crippen molar-refractivity contribution in [3.63, 3.8) is 0 Å². The maximum atomic E-state index is 12.1. The zero-order valence-corrected chi connectivity index (χ0v) is 13.9. The quantitative estimate of drug-likeness (QED) is 0.599. The minimum atomic E-state index is -0.993. The number of rotatable bonds is 11. The molecule has 1 rings (SSSR count). The van der Waals surface area contributed by atoms with Crippen molar-refractivity contribution < 1.29 is 15.0 Å². The SMILES string of the molecule is CCCCCCC(CCCC)Cc1c([O-])cccc1C(=O)O. The lowest BCUT2D eigenvalue weighted by atomic mass is 9.87. The standard InChI is InChI=1S/C19H30O3/c1-3-5-7-8-11-15(10-6-4-2)14-17-16(19(21)22)12-9-13-18(17)20/h9,12-13,15,20H,3-8,10-11,14H2,1-2H3,(H,21,22)/p-1. The number of unbranched alkanes of at least 4 members (excludes halogenated alkanes) is 4. The third-order valence-corrected chi connectivity index (χ3v) is 4.29. The molecule has 3 nitrogen and oxygen atoms in total. The van der Waals surface area contributed by atoms with Crippen LogP contribution in [-0.4, -0.2) is 11.1 Å². The minimum absolute atomic E-state index is 0.130. The van der Waals surface area contributed by atoms with E-state index < -0.39 is 5.97 Å². The summed E-state index contributed by atoms with van der Waals surface area (Å²) in [6, 6.07) is 4.57. The van der Waals surface area contributed by atoms with E-state index in [0.717, 1.165) is 25.7 Å². The molecule has 0 spiro atoms. The maximum absolute atomic E-state index is 12.1. The zero-order valence-electron chi connectivity index (χ0n) is 13.9. The van der Waals surface area contributed by atoms with E-state index in [1.54, 1.807) is 6.07 Å². The summed E-state index contributed by atoms with van der Waals surface area (Å²) in [6.07, 6.45) is 9.91. The van der Waals surface area contributed by atoms with Gasteiger partial charge in [-0.2, -0.15) is 0 Å². The van der Waals surface area contributed by atoms with Gasteiger partial charge < -0.3 is 10.2 Å². The monoisotopic (exact) mass is 305 g/mol. The summed E-state index contributed by atoms with van der Waals surface area (Å²) >= 11 is 0. The van der Waals surface area contributed by atoms with Crippen LogP contribution >= 0.6 is 0 Å². The Bertz CT molecular complexity index is 454. The second-order valence-corrected chi connectivity index (χ2v) is 6.15. The highest BCUT2D eigenvalue weighted by Gasteiger charge is 2.15. The molecule has 1 aromatic carbocycles. The Labute approximate surface area is 134 Å². The van der Waals surface area contributed by atoms with Crippen LogP contribution in [0.3, 0.4) is 0 Å². The van der Waals surface area contributed by atoms with Crippen molar-refractivity contribution in [3.05, 3.63) is 29.3 Å². The summed E-state index contributed by atoms with van der Waals surface area (Å²) in [5, 5.41) is 21.4. The Morgan fingerprint density at radius 2 is 1.77 bits per heavy atom. The van der Waals surface area contributed by atoms with E-state index >= 15 is 0 Å². The second-order valence-electron chi connectivity index (χ2n) is 6.15. The molecule has 0 bridgehead atoms. The average molecular weight is 305 g/mol. The third-order valence-electron chi connectivity index (χ3n) is 4.29. The number of carbonyl (C=O) groups is 1. The molecule has 124 valence electrons. The van der Waals surface area contributed by atoms with E-state index in [9.17, 15) is 15.0 Å². The molecule has 1 aromatic rings. The van der Waals surface area contributed by atoms with Gasteiger partial charge in [0, 0.05) is 0 Å². The van der Waals surface area contributed by atoms with Gasteiger partial charge in [-0.15, -0.1) is 5.75 Å². The fraction of sp³-hybridized carbons (Fsp3) is 0.632. The molecule has 0 saturated heterocycles. The molecule has 0 aliphatic carbocycles. The van der Waals surface area contributed by atoms with Crippen LogP contribution in [0.5, 0.6) is 5.75 Å². The van der Waals surface area contributed by atoms with Crippen molar-refractivity contribution in [3.8, 4) is 5.75 Å². The fourth-order valence-electron chi connectivity index (χ4n) is 2.97. The van der Waals surface area contributed by atoms with Crippen molar-refractivity contribution in [1.29, 1.82) is 0 Å². The van der Waals surface area contributed by atoms with Crippen LogP contribution in [0, 0.1) is 5.92 Å². The van der Waals surface area contributed by atoms with Gasteiger partial charge in [-0.05, 0) is 24.0 Å². The van der Waals surface area contributed by atoms with Crippen LogP contribution in [0.25, 0.3) is 0 Å². The van der Waals surface area contributed by atoms with E-state index in [2.05, 4.69) is 13.8 Å². The van der Waals surface area contributed by atoms with E-state index in [0.29, 0.717) is 17.9 Å². The van der Waals surface area contributed by atoms with E-state index in [1.165, 1.54) is 37.8 Å². The molecule has 1 N–H and O–H groups in total. The highest BCUT2D eigenvalue weighted by Crippen LogP contribution is 2.27. The number of carboxylic acids is 1. The summed E-state index contributed by atoms with van der Waals surface area (Å²) in [6.45, 7) is 4.36. The average Bonchev–Trinajstić information content (AvgIpc) is 2.50. The van der Waals surface area contributed by atoms with Crippen molar-refractivity contribution in [1.82, 2.24) is 0 Å². The number of benzene rings is 1. The first-order valence-electron chi connectivity index (χ1n) is 8.62. The summed E-state index contributed by atoms with van der Waals surface area (Å²) in [5.74, 6) is -0.701. The molecule has 0 heterocycles. The molecule has 1 unspecified atom stereocenters. The lowest BCUT2D eigenvalue weighted by molar-refractivity contribution is -0.269. The Hall–Kier alpha value is -1.51. The largest absolute Gasteiger partial charge is 0.872 e. The fourth-order valence-corrected chi connectivity index (χ4v) is 2.97. The highest BCUT2D eigenvalue weighted by molar-refractivity contribution is 5.90. The molecule has 0 fully saturated rings. The predicted molar refractivity (Wildman–Crippen MR) is 88.3 cm³/mol. The molecule has 0 saturated carbocycles. The van der Waals surface area contributed by atoms with Gasteiger partial charge in [-0.25, -0.2) is 4.79 Å². The number of aromatic carboxylic acids is 1. The molecular formula is C19H29O3-. The lowest BCUT2D eigenvalue weighted by Gasteiger charge is -2.22. The van der Waals surface area contributed by atoms with E-state index in [1.807, 2.05) is 0 Å². The lowest BCUT2D eigenvalue weighted by Crippen LogP contribution is -2.12. The highest BCUT2D eigenvalue weighted by atomic mass is 16.4. The van der Waals surface area contributed by atoms with Crippen molar-refractivity contribution in [2.24, 2.45) is 5.92 Å². The van der Waals surface area contributed by atoms with Gasteiger partial charge in [0.1, 0.15) is 0 Å². The Morgan fingerprint density at radius 3 is 2.41 bits per heavy atom. The molecule has 22 heavy (non-hydrogen) atoms. The van der Waals surface area contributed by atoms with Gasteiger partial charge in [0.05, 0.1) is 5.56 Å². The van der Waals surface area contributed by atoms with Crippen LogP contribution in [0.15, 0.2) is 18.2 Å². The molecular weight excluding hydrogens is 276 g/mol. The first-order valence-corrected chi connectivity index (χ1v) is 8.62. The van der Waals surface area contributed by atoms with E-state index in [-0.39, 0.29) is 11.3 Å². The third kappa shape index (κ3) is 6.08. The summed E-state index contributed by atoms with van der Waals surface area (Å²) < 4.78 is 0. The Kier molecular flexibility index (Phi) is 8.64. The summed E-state index contributed by atoms with van der Waals surface area (Å²) in [4.78, 5) is 11.3. The molecule has 1 atom stereocenters. The normalized spacial score (nSPS) is 12.3. The maximum Gasteiger partial charge on any atom is 0.335 e. The topological polar surface area (TPSA) is 60.4 Å². The molecule has 0 radical (unpaired) electrons. The molecule has 0 aliphatic rings. The minimum Gasteiger partial charge on any atom is -0.872 e. The van der Waals surface area contributed by atoms with Gasteiger partial charge in [0.2, 0.25) is 0 Å². The number of hydrogen-bond acceptors (Lipinski definition) is 2. The van der Waals surface area contributed by atoms with Crippen LogP contribution in [0.1, 0.15) is 81.1 Å². The molecule has 0 amide bonds. The Balaban J connectivity index is 2.77. The summed E-state index contributed by atoms with van der Waals surface area (Å²) in [7, 11) is 0. The van der Waals surface area contributed by atoms with Crippen LogP contribution in [0.2, 0.25) is 0 Å². The van der Waals surface area contributed by atoms with Crippen LogP contribution < -0.4 is 5.11 Å². The van der Waals surface area contributed by atoms with Crippen molar-refractivity contribution >= 4 is 5.97 Å². The predicted octanol–water partition coefficient (Wildman–Crippen LogP) is 4.78. The zero-order chi connectivity index (χ0) is 16.4. The first-order chi connectivity index (χ1) is 10.6. The second kappa shape index (κ2) is 10.3. The molecule has 3 heteroatoms. The van der Waals surface area contributed by atoms with Crippen molar-refractivity contribution in [2.75, 3.05) is 0 Å². The smallest absolute Gasteiger partial charge is 0.335 e. The van der Waals surface area contributed by atoms with Gasteiger partial charge in [0.25, 0.3) is 0 Å². The summed E-state index contributed by atoms with van der Waals surface area (Å²) in [5.41, 5.74) is 0.675. The number of hydrogen-bond donors (Lipinski definition) is 1. The van der Waals surface area contributed by atoms with E-state index in [4.69, 9.17) is 0 Å².